The highest BCUT2D eigenvalue weighted by Gasteiger charge is 2.26. The summed E-state index contributed by atoms with van der Waals surface area (Å²) in [6, 6.07) is 0. The SMILES string of the molecule is CC(C=CC1=C(C)CCCC1(C)C)=CC=CC(C)=CC(=O)NCC(C)OC1CCCCO1. The predicted octanol–water partition coefficient (Wildman–Crippen LogP) is 6.57. The molecule has 4 nitrogen and oxygen atoms in total. The van der Waals surface area contributed by atoms with E-state index in [1.165, 1.54) is 36.0 Å². The van der Waals surface area contributed by atoms with Gasteiger partial charge in [-0.2, -0.15) is 0 Å². The van der Waals surface area contributed by atoms with Crippen LogP contribution in [0.25, 0.3) is 0 Å². The van der Waals surface area contributed by atoms with Crippen molar-refractivity contribution in [2.75, 3.05) is 13.2 Å². The van der Waals surface area contributed by atoms with Gasteiger partial charge in [-0.1, -0.05) is 55.4 Å². The number of carbonyl (C=O) groups excluding carboxylic acids is 1. The molecule has 2 unspecified atom stereocenters. The Balaban J connectivity index is 1.80. The van der Waals surface area contributed by atoms with Crippen molar-refractivity contribution in [3.05, 3.63) is 58.7 Å². The van der Waals surface area contributed by atoms with E-state index < -0.39 is 0 Å². The predicted molar refractivity (Wildman–Crippen MR) is 133 cm³/mol. The van der Waals surface area contributed by atoms with Crippen molar-refractivity contribution >= 4 is 5.91 Å². The maximum atomic E-state index is 12.2. The number of hydrogen-bond donors (Lipinski definition) is 1. The molecule has 0 bridgehead atoms. The van der Waals surface area contributed by atoms with Crippen molar-refractivity contribution in [2.24, 2.45) is 5.41 Å². The smallest absolute Gasteiger partial charge is 0.244 e. The Labute approximate surface area is 195 Å². The molecule has 0 radical (unpaired) electrons. The van der Waals surface area contributed by atoms with Gasteiger partial charge in [-0.25, -0.2) is 0 Å². The molecule has 1 saturated heterocycles. The summed E-state index contributed by atoms with van der Waals surface area (Å²) in [5, 5.41) is 2.91. The molecule has 1 amide bonds. The van der Waals surface area contributed by atoms with E-state index >= 15 is 0 Å². The normalized spacial score (nSPS) is 23.8. The fourth-order valence-corrected chi connectivity index (χ4v) is 4.31. The summed E-state index contributed by atoms with van der Waals surface area (Å²) >= 11 is 0. The third-order valence-electron chi connectivity index (χ3n) is 6.22. The summed E-state index contributed by atoms with van der Waals surface area (Å²) in [4.78, 5) is 12.2. The van der Waals surface area contributed by atoms with Gasteiger partial charge in [-0.05, 0) is 82.8 Å². The van der Waals surface area contributed by atoms with Crippen LogP contribution in [-0.4, -0.2) is 31.5 Å². The zero-order valence-corrected chi connectivity index (χ0v) is 21.0. The number of rotatable bonds is 9. The Morgan fingerprint density at radius 1 is 1.22 bits per heavy atom. The summed E-state index contributed by atoms with van der Waals surface area (Å²) in [6.45, 7) is 14.2. The topological polar surface area (TPSA) is 47.6 Å². The van der Waals surface area contributed by atoms with Gasteiger partial charge >= 0.3 is 0 Å². The van der Waals surface area contributed by atoms with Gasteiger partial charge in [0.15, 0.2) is 6.29 Å². The van der Waals surface area contributed by atoms with Crippen LogP contribution in [0.4, 0.5) is 0 Å². The van der Waals surface area contributed by atoms with Gasteiger partial charge in [-0.3, -0.25) is 4.79 Å². The van der Waals surface area contributed by atoms with E-state index in [9.17, 15) is 4.79 Å². The van der Waals surface area contributed by atoms with Crippen LogP contribution >= 0.6 is 0 Å². The summed E-state index contributed by atoms with van der Waals surface area (Å²) in [7, 11) is 0. The molecule has 1 fully saturated rings. The van der Waals surface area contributed by atoms with Gasteiger partial charge in [-0.15, -0.1) is 0 Å². The highest BCUT2D eigenvalue weighted by atomic mass is 16.7. The van der Waals surface area contributed by atoms with Crippen LogP contribution in [0, 0.1) is 5.41 Å². The van der Waals surface area contributed by atoms with Crippen molar-refractivity contribution in [3.63, 3.8) is 0 Å². The molecule has 2 aliphatic rings. The van der Waals surface area contributed by atoms with Crippen molar-refractivity contribution in [1.82, 2.24) is 5.32 Å². The number of carbonyl (C=O) groups is 1. The molecule has 0 saturated carbocycles. The average Bonchev–Trinajstić information content (AvgIpc) is 2.72. The Kier molecular flexibility index (Phi) is 10.7. The van der Waals surface area contributed by atoms with Crippen LogP contribution < -0.4 is 5.32 Å². The van der Waals surface area contributed by atoms with Crippen LogP contribution in [0.15, 0.2) is 58.7 Å². The van der Waals surface area contributed by atoms with Gasteiger partial charge in [0.05, 0.1) is 6.10 Å². The standard InChI is InChI=1S/C28H43NO3/c1-21(15-16-25-23(3)13-10-17-28(25,5)6)11-9-12-22(2)19-26(30)29-20-24(4)32-27-14-7-8-18-31-27/h9,11-12,15-16,19,24,27H,7-8,10,13-14,17-18,20H2,1-6H3,(H,29,30). The minimum absolute atomic E-state index is 0.0726. The third kappa shape index (κ3) is 9.30. The third-order valence-corrected chi connectivity index (χ3v) is 6.22. The van der Waals surface area contributed by atoms with Crippen molar-refractivity contribution < 1.29 is 14.3 Å². The second-order valence-corrected chi connectivity index (χ2v) is 9.91. The van der Waals surface area contributed by atoms with Gasteiger partial charge in [0, 0.05) is 19.2 Å². The first-order valence-corrected chi connectivity index (χ1v) is 12.1. The average molecular weight is 442 g/mol. The first-order valence-electron chi connectivity index (χ1n) is 12.1. The highest BCUT2D eigenvalue weighted by Crippen LogP contribution is 2.40. The second-order valence-electron chi connectivity index (χ2n) is 9.91. The minimum atomic E-state index is -0.135. The summed E-state index contributed by atoms with van der Waals surface area (Å²) in [5.74, 6) is -0.102. The number of amides is 1. The molecule has 32 heavy (non-hydrogen) atoms. The molecule has 178 valence electrons. The van der Waals surface area contributed by atoms with E-state index in [2.05, 4.69) is 51.2 Å². The van der Waals surface area contributed by atoms with Gasteiger partial charge in [0.2, 0.25) is 5.91 Å². The molecule has 1 heterocycles. The Bertz CT molecular complexity index is 776. The number of ether oxygens (including phenoxy) is 2. The second kappa shape index (κ2) is 13.0. The molecule has 0 aromatic carbocycles. The monoisotopic (exact) mass is 441 g/mol. The van der Waals surface area contributed by atoms with Crippen molar-refractivity contribution in [2.45, 2.75) is 92.5 Å². The van der Waals surface area contributed by atoms with Crippen molar-refractivity contribution in [3.8, 4) is 0 Å². The quantitative estimate of drug-likeness (QED) is 0.325. The van der Waals surface area contributed by atoms with Crippen molar-refractivity contribution in [1.29, 1.82) is 0 Å². The van der Waals surface area contributed by atoms with Crippen LogP contribution in [0.5, 0.6) is 0 Å². The fourth-order valence-electron chi connectivity index (χ4n) is 4.31. The lowest BCUT2D eigenvalue weighted by atomic mass is 9.72. The van der Waals surface area contributed by atoms with Crippen LogP contribution in [0.2, 0.25) is 0 Å². The van der Waals surface area contributed by atoms with E-state index in [1.807, 2.05) is 26.0 Å². The van der Waals surface area contributed by atoms with E-state index in [0.717, 1.165) is 31.4 Å². The van der Waals surface area contributed by atoms with Crippen LogP contribution in [-0.2, 0) is 14.3 Å². The molecule has 2 atom stereocenters. The van der Waals surface area contributed by atoms with Gasteiger partial charge < -0.3 is 14.8 Å². The molecular formula is C28H43NO3. The van der Waals surface area contributed by atoms with E-state index in [4.69, 9.17) is 9.47 Å². The fraction of sp³-hybridized carbons (Fsp3) is 0.607. The lowest BCUT2D eigenvalue weighted by Gasteiger charge is -2.32. The first kappa shape index (κ1) is 26.3. The van der Waals surface area contributed by atoms with E-state index in [0.29, 0.717) is 6.54 Å². The van der Waals surface area contributed by atoms with Gasteiger partial charge in [0.25, 0.3) is 0 Å². The molecule has 0 spiro atoms. The molecule has 0 aromatic heterocycles. The van der Waals surface area contributed by atoms with E-state index in [-0.39, 0.29) is 23.7 Å². The molecule has 0 aromatic rings. The molecule has 1 N–H and O–H groups in total. The highest BCUT2D eigenvalue weighted by molar-refractivity contribution is 5.88. The first-order chi connectivity index (χ1) is 15.2. The zero-order chi connectivity index (χ0) is 23.6. The largest absolute Gasteiger partial charge is 0.353 e. The van der Waals surface area contributed by atoms with Gasteiger partial charge in [0.1, 0.15) is 0 Å². The summed E-state index contributed by atoms with van der Waals surface area (Å²) in [5.41, 5.74) is 5.34. The molecule has 1 aliphatic heterocycles. The van der Waals surface area contributed by atoms with E-state index in [1.54, 1.807) is 6.08 Å². The Morgan fingerprint density at radius 2 is 2.00 bits per heavy atom. The Morgan fingerprint density at radius 3 is 2.69 bits per heavy atom. The molecule has 4 heteroatoms. The van der Waals surface area contributed by atoms with Crippen LogP contribution in [0.3, 0.4) is 0 Å². The lowest BCUT2D eigenvalue weighted by molar-refractivity contribution is -0.183. The zero-order valence-electron chi connectivity index (χ0n) is 21.0. The summed E-state index contributed by atoms with van der Waals surface area (Å²) < 4.78 is 11.4. The van der Waals surface area contributed by atoms with Crippen LogP contribution in [0.1, 0.15) is 80.1 Å². The molecule has 2 rings (SSSR count). The summed E-state index contributed by atoms with van der Waals surface area (Å²) in [6.07, 6.45) is 18.8. The maximum Gasteiger partial charge on any atom is 0.244 e. The number of hydrogen-bond acceptors (Lipinski definition) is 3. The maximum absolute atomic E-state index is 12.2. The Hall–Kier alpha value is -1.91. The lowest BCUT2D eigenvalue weighted by Crippen LogP contribution is -2.35. The molecular weight excluding hydrogens is 398 g/mol. The number of nitrogens with one attached hydrogen (secondary N) is 1. The minimum Gasteiger partial charge on any atom is -0.353 e. The molecule has 1 aliphatic carbocycles. The number of allylic oxidation sites excluding steroid dienone is 9.